The van der Waals surface area contributed by atoms with E-state index in [2.05, 4.69) is 6.07 Å². The number of aldehydes is 1. The van der Waals surface area contributed by atoms with Crippen LogP contribution in [0.3, 0.4) is 0 Å². The van der Waals surface area contributed by atoms with Gasteiger partial charge in [0.2, 0.25) is 0 Å². The summed E-state index contributed by atoms with van der Waals surface area (Å²) >= 11 is 0. The third kappa shape index (κ3) is 4.52. The molecule has 0 N–H and O–H groups in total. The van der Waals surface area contributed by atoms with Crippen LogP contribution in [0.15, 0.2) is 29.4 Å². The van der Waals surface area contributed by atoms with Gasteiger partial charge in [-0.25, -0.2) is 0 Å². The summed E-state index contributed by atoms with van der Waals surface area (Å²) in [5, 5.41) is 0. The van der Waals surface area contributed by atoms with Crippen LogP contribution in [0.5, 0.6) is 0 Å². The van der Waals surface area contributed by atoms with Crippen LogP contribution < -0.4 is 0 Å². The van der Waals surface area contributed by atoms with Crippen molar-refractivity contribution in [1.29, 1.82) is 0 Å². The van der Waals surface area contributed by atoms with E-state index in [0.29, 0.717) is 36.7 Å². The standard InChI is InChI=1S/C31H36F3NO2/c32-31(33,34)23-10-11-24(18-36)30(17-23)15-22(16-30)21-12-27-29(28(37)13-21)25(19-6-2-1-3-7-19)14-26(35-27)20-8-4-5-9-20/h10-11,14,18-22H,1-9,12-13,15-17H2. The van der Waals surface area contributed by atoms with E-state index in [9.17, 15) is 22.8 Å². The van der Waals surface area contributed by atoms with Gasteiger partial charge in [0.1, 0.15) is 6.29 Å². The maximum absolute atomic E-state index is 13.6. The molecule has 1 spiro atoms. The summed E-state index contributed by atoms with van der Waals surface area (Å²) in [6, 6.07) is 2.27. The minimum atomic E-state index is -4.38. The maximum atomic E-state index is 13.6. The Morgan fingerprint density at radius 3 is 2.24 bits per heavy atom. The minimum Gasteiger partial charge on any atom is -0.298 e. The highest BCUT2D eigenvalue weighted by molar-refractivity contribution is 6.00. The quantitative estimate of drug-likeness (QED) is 0.386. The first kappa shape index (κ1) is 25.1. The Bertz CT molecular complexity index is 1150. The van der Waals surface area contributed by atoms with Gasteiger partial charge in [0.25, 0.3) is 0 Å². The van der Waals surface area contributed by atoms with Crippen LogP contribution in [0.2, 0.25) is 0 Å². The average Bonchev–Trinajstić information content (AvgIpc) is 3.41. The average molecular weight is 512 g/mol. The number of fused-ring (bicyclic) bond motifs is 1. The fraction of sp³-hybridized carbons (Fsp3) is 0.645. The number of allylic oxidation sites excluding steroid dienone is 4. The molecule has 6 rings (SSSR count). The zero-order valence-electron chi connectivity index (χ0n) is 21.4. The molecule has 0 saturated heterocycles. The Morgan fingerprint density at radius 1 is 0.892 bits per heavy atom. The molecule has 0 aromatic carbocycles. The zero-order valence-corrected chi connectivity index (χ0v) is 21.4. The largest absolute Gasteiger partial charge is 0.412 e. The van der Waals surface area contributed by atoms with E-state index in [1.54, 1.807) is 0 Å². The number of carbonyl (C=O) groups is 2. The summed E-state index contributed by atoms with van der Waals surface area (Å²) in [4.78, 5) is 30.5. The summed E-state index contributed by atoms with van der Waals surface area (Å²) in [5.41, 5.74) is 3.39. The lowest BCUT2D eigenvalue weighted by Crippen LogP contribution is -2.46. The smallest absolute Gasteiger partial charge is 0.298 e. The molecule has 1 atom stereocenters. The number of hydrogen-bond donors (Lipinski definition) is 0. The van der Waals surface area contributed by atoms with E-state index in [4.69, 9.17) is 4.98 Å². The summed E-state index contributed by atoms with van der Waals surface area (Å²) in [6.07, 6.45) is 11.6. The van der Waals surface area contributed by atoms with Gasteiger partial charge in [-0.05, 0) is 86.3 Å². The van der Waals surface area contributed by atoms with E-state index >= 15 is 0 Å². The molecule has 0 bridgehead atoms. The molecule has 6 heteroatoms. The Balaban J connectivity index is 1.26. The van der Waals surface area contributed by atoms with E-state index in [1.165, 1.54) is 43.7 Å². The SMILES string of the molecule is O=CC1=CC=C(C(F)(F)F)CC12CC(C1CC(=O)c3c(C4CCCCC4)cc(C4CCCC4)nc3C1)C2. The Labute approximate surface area is 217 Å². The summed E-state index contributed by atoms with van der Waals surface area (Å²) in [7, 11) is 0. The highest BCUT2D eigenvalue weighted by Gasteiger charge is 2.54. The number of nitrogens with zero attached hydrogens (tertiary/aromatic N) is 1. The molecule has 3 saturated carbocycles. The Hall–Kier alpha value is -2.24. The molecule has 5 aliphatic carbocycles. The minimum absolute atomic E-state index is 0.0873. The second kappa shape index (κ2) is 9.50. The molecular formula is C31H36F3NO2. The first-order valence-corrected chi connectivity index (χ1v) is 14.3. The molecule has 1 heterocycles. The molecule has 1 aromatic rings. The van der Waals surface area contributed by atoms with Crippen molar-refractivity contribution in [2.24, 2.45) is 17.3 Å². The van der Waals surface area contributed by atoms with Crippen molar-refractivity contribution in [3.05, 3.63) is 51.9 Å². The number of hydrogen-bond acceptors (Lipinski definition) is 3. The lowest BCUT2D eigenvalue weighted by atomic mass is 9.51. The number of rotatable bonds is 4. The van der Waals surface area contributed by atoms with Crippen LogP contribution in [0.4, 0.5) is 13.2 Å². The normalized spacial score (nSPS) is 31.1. The third-order valence-corrected chi connectivity index (χ3v) is 10.2. The van der Waals surface area contributed by atoms with E-state index in [0.717, 1.165) is 61.4 Å². The van der Waals surface area contributed by atoms with Crippen LogP contribution in [-0.2, 0) is 11.2 Å². The van der Waals surface area contributed by atoms with Gasteiger partial charge in [0.05, 0.1) is 5.69 Å². The van der Waals surface area contributed by atoms with Crippen LogP contribution in [0.1, 0.15) is 123 Å². The van der Waals surface area contributed by atoms with Crippen molar-refractivity contribution in [2.45, 2.75) is 108 Å². The highest BCUT2D eigenvalue weighted by Crippen LogP contribution is 2.60. The Kier molecular flexibility index (Phi) is 6.43. The van der Waals surface area contributed by atoms with Gasteiger partial charge in [-0.2, -0.15) is 13.2 Å². The molecule has 3 fully saturated rings. The molecule has 5 aliphatic rings. The molecule has 3 nitrogen and oxygen atoms in total. The van der Waals surface area contributed by atoms with Crippen molar-refractivity contribution < 1.29 is 22.8 Å². The van der Waals surface area contributed by atoms with E-state index in [1.807, 2.05) is 0 Å². The summed E-state index contributed by atoms with van der Waals surface area (Å²) < 4.78 is 40.4. The number of halogens is 3. The predicted octanol–water partition coefficient (Wildman–Crippen LogP) is 7.95. The molecular weight excluding hydrogens is 475 g/mol. The molecule has 0 radical (unpaired) electrons. The summed E-state index contributed by atoms with van der Waals surface area (Å²) in [6.45, 7) is 0. The van der Waals surface area contributed by atoms with Crippen molar-refractivity contribution in [3.8, 4) is 0 Å². The van der Waals surface area contributed by atoms with Gasteiger partial charge in [-0.1, -0.05) is 44.3 Å². The monoisotopic (exact) mass is 511 g/mol. The lowest BCUT2D eigenvalue weighted by Gasteiger charge is -2.53. The van der Waals surface area contributed by atoms with Crippen molar-refractivity contribution in [2.75, 3.05) is 0 Å². The fourth-order valence-electron chi connectivity index (χ4n) is 8.18. The fourth-order valence-corrected chi connectivity index (χ4v) is 8.18. The molecule has 0 amide bonds. The molecule has 198 valence electrons. The number of ketones is 1. The van der Waals surface area contributed by atoms with Gasteiger partial charge in [0.15, 0.2) is 5.78 Å². The highest BCUT2D eigenvalue weighted by atomic mass is 19.4. The number of carbonyl (C=O) groups excluding carboxylic acids is 2. The second-order valence-corrected chi connectivity index (χ2v) is 12.4. The van der Waals surface area contributed by atoms with Gasteiger partial charge >= 0.3 is 6.18 Å². The van der Waals surface area contributed by atoms with Crippen LogP contribution in [0.25, 0.3) is 0 Å². The summed E-state index contributed by atoms with van der Waals surface area (Å²) in [5.74, 6) is 1.31. The molecule has 37 heavy (non-hydrogen) atoms. The first-order valence-electron chi connectivity index (χ1n) is 14.3. The van der Waals surface area contributed by atoms with Crippen LogP contribution in [-0.4, -0.2) is 23.2 Å². The number of pyridine rings is 1. The van der Waals surface area contributed by atoms with Gasteiger partial charge in [-0.15, -0.1) is 0 Å². The number of Topliss-reactive ketones (excluding diaryl/α,β-unsaturated/α-hetero) is 1. The number of aromatic nitrogens is 1. The van der Waals surface area contributed by atoms with Crippen molar-refractivity contribution in [3.63, 3.8) is 0 Å². The van der Waals surface area contributed by atoms with Crippen LogP contribution in [0, 0.1) is 17.3 Å². The van der Waals surface area contributed by atoms with Gasteiger partial charge < -0.3 is 0 Å². The predicted molar refractivity (Wildman–Crippen MR) is 135 cm³/mol. The van der Waals surface area contributed by atoms with Crippen LogP contribution >= 0.6 is 0 Å². The zero-order chi connectivity index (χ0) is 25.8. The van der Waals surface area contributed by atoms with Gasteiger partial charge in [0, 0.05) is 34.6 Å². The van der Waals surface area contributed by atoms with E-state index < -0.39 is 17.2 Å². The molecule has 1 aromatic heterocycles. The van der Waals surface area contributed by atoms with Crippen molar-refractivity contribution in [1.82, 2.24) is 4.98 Å². The molecule has 1 unspecified atom stereocenters. The second-order valence-electron chi connectivity index (χ2n) is 12.4. The van der Waals surface area contributed by atoms with Gasteiger partial charge in [-0.3, -0.25) is 14.6 Å². The maximum Gasteiger partial charge on any atom is 0.412 e. The lowest BCUT2D eigenvalue weighted by molar-refractivity contribution is -0.111. The third-order valence-electron chi connectivity index (χ3n) is 10.2. The number of alkyl halides is 3. The molecule has 0 aliphatic heterocycles. The van der Waals surface area contributed by atoms with Crippen molar-refractivity contribution >= 4 is 12.1 Å². The Morgan fingerprint density at radius 2 is 1.57 bits per heavy atom. The topological polar surface area (TPSA) is 47.0 Å². The first-order chi connectivity index (χ1) is 17.8. The van der Waals surface area contributed by atoms with E-state index in [-0.39, 0.29) is 24.0 Å².